The van der Waals surface area contributed by atoms with Gasteiger partial charge in [-0.05, 0) is 30.3 Å². The molecule has 2 amide bonds. The van der Waals surface area contributed by atoms with E-state index in [-0.39, 0.29) is 5.69 Å². The van der Waals surface area contributed by atoms with Crippen molar-refractivity contribution in [2.75, 3.05) is 23.5 Å². The minimum absolute atomic E-state index is 0.0239. The van der Waals surface area contributed by atoms with Crippen molar-refractivity contribution >= 4 is 23.1 Å². The molecule has 0 radical (unpaired) electrons. The van der Waals surface area contributed by atoms with Crippen LogP contribution in [0.3, 0.4) is 0 Å². The largest absolute Gasteiger partial charge is 0.497 e. The number of benzene rings is 2. The van der Waals surface area contributed by atoms with Crippen molar-refractivity contribution in [3.63, 3.8) is 0 Å². The second-order valence-corrected chi connectivity index (χ2v) is 4.05. The van der Waals surface area contributed by atoms with Crippen molar-refractivity contribution in [3.8, 4) is 5.75 Å². The van der Waals surface area contributed by atoms with Crippen LogP contribution in [0.2, 0.25) is 0 Å². The van der Waals surface area contributed by atoms with Gasteiger partial charge in [-0.15, -0.1) is 0 Å². The third-order valence-corrected chi connectivity index (χ3v) is 2.58. The van der Waals surface area contributed by atoms with Gasteiger partial charge in [-0.1, -0.05) is 6.07 Å². The molecule has 0 heterocycles. The molecule has 20 heavy (non-hydrogen) atoms. The predicted molar refractivity (Wildman–Crippen MR) is 76.4 cm³/mol. The molecule has 0 saturated carbocycles. The fraction of sp³-hybridized carbons (Fsp3) is 0.0714. The van der Waals surface area contributed by atoms with Gasteiger partial charge >= 0.3 is 6.03 Å². The van der Waals surface area contributed by atoms with E-state index in [1.807, 2.05) is 0 Å². The smallest absolute Gasteiger partial charge is 0.323 e. The molecule has 104 valence electrons. The topological polar surface area (TPSA) is 76.4 Å². The van der Waals surface area contributed by atoms with Gasteiger partial charge in [-0.3, -0.25) is 0 Å². The maximum Gasteiger partial charge on any atom is 0.323 e. The molecule has 0 saturated heterocycles. The highest BCUT2D eigenvalue weighted by molar-refractivity contribution is 6.00. The van der Waals surface area contributed by atoms with E-state index in [0.717, 1.165) is 0 Å². The first kappa shape index (κ1) is 13.7. The summed E-state index contributed by atoms with van der Waals surface area (Å²) in [6.07, 6.45) is 0. The molecule has 0 aliphatic rings. The summed E-state index contributed by atoms with van der Waals surface area (Å²) in [5, 5.41) is 5.19. The maximum absolute atomic E-state index is 13.0. The lowest BCUT2D eigenvalue weighted by Gasteiger charge is -2.09. The Labute approximate surface area is 115 Å². The van der Waals surface area contributed by atoms with Crippen molar-refractivity contribution in [1.82, 2.24) is 0 Å². The molecule has 2 aromatic carbocycles. The molecule has 0 unspecified atom stereocenters. The van der Waals surface area contributed by atoms with Crippen LogP contribution in [0.25, 0.3) is 0 Å². The van der Waals surface area contributed by atoms with E-state index >= 15 is 0 Å². The van der Waals surface area contributed by atoms with E-state index in [9.17, 15) is 9.18 Å². The highest BCUT2D eigenvalue weighted by atomic mass is 19.1. The number of halogens is 1. The first-order chi connectivity index (χ1) is 9.58. The number of carbonyl (C=O) groups excluding carboxylic acids is 1. The number of rotatable bonds is 3. The van der Waals surface area contributed by atoms with Crippen LogP contribution in [0.5, 0.6) is 5.75 Å². The van der Waals surface area contributed by atoms with Gasteiger partial charge in [-0.2, -0.15) is 0 Å². The monoisotopic (exact) mass is 275 g/mol. The quantitative estimate of drug-likeness (QED) is 0.753. The van der Waals surface area contributed by atoms with Crippen LogP contribution in [0.15, 0.2) is 42.5 Å². The number of nitrogen functional groups attached to an aromatic ring is 1. The Balaban J connectivity index is 2.03. The van der Waals surface area contributed by atoms with E-state index in [1.54, 1.807) is 31.4 Å². The zero-order chi connectivity index (χ0) is 14.5. The molecule has 2 rings (SSSR count). The number of carbonyl (C=O) groups is 1. The summed E-state index contributed by atoms with van der Waals surface area (Å²) in [7, 11) is 1.54. The number of methoxy groups -OCH3 is 1. The molecule has 0 bridgehead atoms. The molecule has 6 heteroatoms. The van der Waals surface area contributed by atoms with Crippen molar-refractivity contribution < 1.29 is 13.9 Å². The molecule has 0 aliphatic carbocycles. The SMILES string of the molecule is COc1cccc(NC(=O)Nc2ccc(F)c(N)c2)c1. The van der Waals surface area contributed by atoms with Crippen molar-refractivity contribution in [1.29, 1.82) is 0 Å². The molecule has 4 N–H and O–H groups in total. The second-order valence-electron chi connectivity index (χ2n) is 4.05. The summed E-state index contributed by atoms with van der Waals surface area (Å²) >= 11 is 0. The van der Waals surface area contributed by atoms with Crippen molar-refractivity contribution in [2.45, 2.75) is 0 Å². The van der Waals surface area contributed by atoms with E-state index < -0.39 is 11.8 Å². The van der Waals surface area contributed by atoms with Gasteiger partial charge in [0.25, 0.3) is 0 Å². The Morgan fingerprint density at radius 1 is 1.15 bits per heavy atom. The fourth-order valence-electron chi connectivity index (χ4n) is 1.62. The average Bonchev–Trinajstić information content (AvgIpc) is 2.43. The zero-order valence-corrected chi connectivity index (χ0v) is 10.8. The zero-order valence-electron chi connectivity index (χ0n) is 10.8. The number of nitrogens with two attached hydrogens (primary N) is 1. The number of amides is 2. The van der Waals surface area contributed by atoms with Crippen LogP contribution in [0, 0.1) is 5.82 Å². The van der Waals surface area contributed by atoms with Gasteiger partial charge in [0, 0.05) is 17.4 Å². The molecule has 0 aliphatic heterocycles. The molecule has 0 fully saturated rings. The van der Waals surface area contributed by atoms with Crippen LogP contribution in [-0.2, 0) is 0 Å². The van der Waals surface area contributed by atoms with Gasteiger partial charge in [0.15, 0.2) is 0 Å². The summed E-state index contributed by atoms with van der Waals surface area (Å²) in [5.41, 5.74) is 6.39. The number of hydrogen-bond donors (Lipinski definition) is 3. The van der Waals surface area contributed by atoms with Gasteiger partial charge in [0.05, 0.1) is 12.8 Å². The van der Waals surface area contributed by atoms with E-state index in [1.165, 1.54) is 18.2 Å². The lowest BCUT2D eigenvalue weighted by atomic mass is 10.2. The standard InChI is InChI=1S/C14H14FN3O2/c1-20-11-4-2-3-9(7-11)17-14(19)18-10-5-6-12(15)13(16)8-10/h2-8H,16H2,1H3,(H2,17,18,19). The summed E-state index contributed by atoms with van der Waals surface area (Å²) in [4.78, 5) is 11.8. The van der Waals surface area contributed by atoms with Crippen molar-refractivity contribution in [2.24, 2.45) is 0 Å². The van der Waals surface area contributed by atoms with Crippen LogP contribution >= 0.6 is 0 Å². The normalized spacial score (nSPS) is 9.90. The minimum Gasteiger partial charge on any atom is -0.497 e. The van der Waals surface area contributed by atoms with Gasteiger partial charge in [0.1, 0.15) is 11.6 Å². The lowest BCUT2D eigenvalue weighted by Crippen LogP contribution is -2.19. The minimum atomic E-state index is -0.524. The van der Waals surface area contributed by atoms with Crippen LogP contribution in [0.1, 0.15) is 0 Å². The molecule has 0 aromatic heterocycles. The van der Waals surface area contributed by atoms with E-state index in [4.69, 9.17) is 10.5 Å². The molecule has 0 atom stereocenters. The Hall–Kier alpha value is -2.76. The fourth-order valence-corrected chi connectivity index (χ4v) is 1.62. The highest BCUT2D eigenvalue weighted by Crippen LogP contribution is 2.18. The van der Waals surface area contributed by atoms with E-state index in [0.29, 0.717) is 17.1 Å². The number of hydrogen-bond acceptors (Lipinski definition) is 3. The van der Waals surface area contributed by atoms with Gasteiger partial charge in [-0.25, -0.2) is 9.18 Å². The number of nitrogens with one attached hydrogen (secondary N) is 2. The first-order valence-corrected chi connectivity index (χ1v) is 5.85. The molecular weight excluding hydrogens is 261 g/mol. The Morgan fingerprint density at radius 3 is 2.50 bits per heavy atom. The number of anilines is 3. The second kappa shape index (κ2) is 5.92. The lowest BCUT2D eigenvalue weighted by molar-refractivity contribution is 0.262. The molecule has 5 nitrogen and oxygen atoms in total. The Kier molecular flexibility index (Phi) is 4.05. The summed E-state index contributed by atoms with van der Waals surface area (Å²) in [6, 6.07) is 10.4. The summed E-state index contributed by atoms with van der Waals surface area (Å²) in [6.45, 7) is 0. The average molecular weight is 275 g/mol. The molecule has 0 spiro atoms. The number of urea groups is 1. The Bertz CT molecular complexity index is 632. The molecule has 2 aromatic rings. The third kappa shape index (κ3) is 3.38. The highest BCUT2D eigenvalue weighted by Gasteiger charge is 2.05. The first-order valence-electron chi connectivity index (χ1n) is 5.85. The van der Waals surface area contributed by atoms with E-state index in [2.05, 4.69) is 10.6 Å². The summed E-state index contributed by atoms with van der Waals surface area (Å²) < 4.78 is 18.1. The molecular formula is C14H14FN3O2. The Morgan fingerprint density at radius 2 is 1.85 bits per heavy atom. The summed E-state index contributed by atoms with van der Waals surface area (Å²) in [5.74, 6) is 0.109. The van der Waals surface area contributed by atoms with Gasteiger partial charge in [0.2, 0.25) is 0 Å². The predicted octanol–water partition coefficient (Wildman–Crippen LogP) is 3.06. The van der Waals surface area contributed by atoms with Crippen molar-refractivity contribution in [3.05, 3.63) is 48.3 Å². The van der Waals surface area contributed by atoms with Crippen LogP contribution < -0.4 is 21.1 Å². The van der Waals surface area contributed by atoms with Crippen LogP contribution in [0.4, 0.5) is 26.2 Å². The van der Waals surface area contributed by atoms with Crippen LogP contribution in [-0.4, -0.2) is 13.1 Å². The van der Waals surface area contributed by atoms with Gasteiger partial charge < -0.3 is 21.1 Å². The maximum atomic E-state index is 13.0. The third-order valence-electron chi connectivity index (χ3n) is 2.58. The number of ether oxygens (including phenoxy) is 1.